The number of aliphatic hydroxyl groups excluding tert-OH is 1. The molecule has 0 aliphatic carbocycles. The van der Waals surface area contributed by atoms with Crippen LogP contribution in [0.25, 0.3) is 0 Å². The number of amides is 1. The van der Waals surface area contributed by atoms with Gasteiger partial charge in [-0.25, -0.2) is 4.79 Å². The van der Waals surface area contributed by atoms with E-state index in [-0.39, 0.29) is 0 Å². The first-order valence-corrected chi connectivity index (χ1v) is 10.1. The number of ether oxygens (including phenoxy) is 2. The van der Waals surface area contributed by atoms with Crippen LogP contribution in [-0.2, 0) is 15.9 Å². The molecule has 4 N–H and O–H groups in total. The second-order valence-electron chi connectivity index (χ2n) is 7.61. The molecule has 1 unspecified atom stereocenters. The summed E-state index contributed by atoms with van der Waals surface area (Å²) in [4.78, 5) is 11.1. The summed E-state index contributed by atoms with van der Waals surface area (Å²) in [6.07, 6.45) is 1.33. The molecule has 2 rings (SSSR count). The third-order valence-electron chi connectivity index (χ3n) is 5.34. The quantitative estimate of drug-likeness (QED) is 0.434. The summed E-state index contributed by atoms with van der Waals surface area (Å²) in [7, 11) is 0. The van der Waals surface area contributed by atoms with E-state index in [1.165, 1.54) is 0 Å². The van der Waals surface area contributed by atoms with Gasteiger partial charge in [0.25, 0.3) is 0 Å². The van der Waals surface area contributed by atoms with E-state index in [9.17, 15) is 9.90 Å². The molecule has 7 nitrogen and oxygen atoms in total. The van der Waals surface area contributed by atoms with Crippen LogP contribution in [0.3, 0.4) is 0 Å². The van der Waals surface area contributed by atoms with Crippen LogP contribution < -0.4 is 10.6 Å². The molecular formula is C21H34N2O5. The summed E-state index contributed by atoms with van der Waals surface area (Å²) in [6.45, 7) is 6.52. The van der Waals surface area contributed by atoms with Crippen molar-refractivity contribution < 1.29 is 24.5 Å². The SMILES string of the molecule is CCC(CCC1(C)OCCO1)CNC[C@@H](O)[C@H](Cc1ccccc1)NC(=O)O. The lowest BCUT2D eigenvalue weighted by Crippen LogP contribution is -2.48. The predicted molar refractivity (Wildman–Crippen MR) is 107 cm³/mol. The van der Waals surface area contributed by atoms with Gasteiger partial charge in [0, 0.05) is 13.0 Å². The van der Waals surface area contributed by atoms with Gasteiger partial charge < -0.3 is 30.3 Å². The Balaban J connectivity index is 1.78. The number of hydrogen-bond acceptors (Lipinski definition) is 5. The molecule has 1 aromatic rings. The Hall–Kier alpha value is -1.67. The van der Waals surface area contributed by atoms with E-state index in [1.807, 2.05) is 37.3 Å². The molecule has 0 saturated carbocycles. The molecule has 1 aliphatic rings. The van der Waals surface area contributed by atoms with Crippen LogP contribution in [-0.4, -0.2) is 60.5 Å². The van der Waals surface area contributed by atoms with Crippen LogP contribution in [0.2, 0.25) is 0 Å². The highest BCUT2D eigenvalue weighted by molar-refractivity contribution is 5.65. The molecule has 1 heterocycles. The molecule has 1 saturated heterocycles. The molecule has 7 heteroatoms. The first kappa shape index (κ1) is 22.6. The Kier molecular flexibility index (Phi) is 9.18. The first-order chi connectivity index (χ1) is 13.4. The summed E-state index contributed by atoms with van der Waals surface area (Å²) in [5.41, 5.74) is 0.983. The Morgan fingerprint density at radius 3 is 2.50 bits per heavy atom. The molecule has 1 fully saturated rings. The molecule has 158 valence electrons. The number of carboxylic acid groups (broad SMARTS) is 1. The maximum absolute atomic E-state index is 11.1. The average Bonchev–Trinajstić information content (AvgIpc) is 3.11. The van der Waals surface area contributed by atoms with E-state index >= 15 is 0 Å². The van der Waals surface area contributed by atoms with Gasteiger partial charge in [-0.3, -0.25) is 0 Å². The lowest BCUT2D eigenvalue weighted by Gasteiger charge is -2.26. The molecule has 1 amide bonds. The van der Waals surface area contributed by atoms with Gasteiger partial charge in [0.1, 0.15) is 0 Å². The van der Waals surface area contributed by atoms with Crippen LogP contribution in [0.15, 0.2) is 30.3 Å². The highest BCUT2D eigenvalue weighted by Crippen LogP contribution is 2.26. The molecule has 0 radical (unpaired) electrons. The smallest absolute Gasteiger partial charge is 0.404 e. The first-order valence-electron chi connectivity index (χ1n) is 10.1. The summed E-state index contributed by atoms with van der Waals surface area (Å²) in [5.74, 6) is -0.0316. The minimum absolute atomic E-state index is 0.332. The Bertz CT molecular complexity index is 577. The minimum Gasteiger partial charge on any atom is -0.465 e. The number of benzene rings is 1. The number of aliphatic hydroxyl groups is 1. The molecule has 28 heavy (non-hydrogen) atoms. The van der Waals surface area contributed by atoms with Gasteiger partial charge >= 0.3 is 6.09 Å². The van der Waals surface area contributed by atoms with Crippen molar-refractivity contribution in [1.82, 2.24) is 10.6 Å². The van der Waals surface area contributed by atoms with E-state index in [4.69, 9.17) is 14.6 Å². The molecule has 0 aromatic heterocycles. The Morgan fingerprint density at radius 2 is 1.89 bits per heavy atom. The van der Waals surface area contributed by atoms with Gasteiger partial charge in [0.2, 0.25) is 0 Å². The second-order valence-corrected chi connectivity index (χ2v) is 7.61. The monoisotopic (exact) mass is 394 g/mol. The van der Waals surface area contributed by atoms with E-state index in [0.29, 0.717) is 32.1 Å². The summed E-state index contributed by atoms with van der Waals surface area (Å²) in [6, 6.07) is 9.01. The molecule has 3 atom stereocenters. The van der Waals surface area contributed by atoms with Crippen LogP contribution in [0, 0.1) is 5.92 Å². The lowest BCUT2D eigenvalue weighted by atomic mass is 9.96. The predicted octanol–water partition coefficient (Wildman–Crippen LogP) is 2.39. The lowest BCUT2D eigenvalue weighted by molar-refractivity contribution is -0.149. The number of hydrogen-bond donors (Lipinski definition) is 4. The van der Waals surface area contributed by atoms with Crippen LogP contribution >= 0.6 is 0 Å². The van der Waals surface area contributed by atoms with Crippen molar-refractivity contribution >= 4 is 6.09 Å². The van der Waals surface area contributed by atoms with E-state index in [2.05, 4.69) is 17.6 Å². The van der Waals surface area contributed by atoms with Crippen molar-refractivity contribution in [3.8, 4) is 0 Å². The zero-order chi connectivity index (χ0) is 20.4. The Labute approximate surface area is 167 Å². The van der Waals surface area contributed by atoms with Gasteiger partial charge in [-0.05, 0) is 37.8 Å². The van der Waals surface area contributed by atoms with Crippen molar-refractivity contribution in [1.29, 1.82) is 0 Å². The summed E-state index contributed by atoms with van der Waals surface area (Å²) >= 11 is 0. The maximum atomic E-state index is 11.1. The van der Waals surface area contributed by atoms with Gasteiger partial charge in [-0.15, -0.1) is 0 Å². The topological polar surface area (TPSA) is 100 Å². The van der Waals surface area contributed by atoms with Crippen molar-refractivity contribution in [2.45, 2.75) is 57.5 Å². The third-order valence-corrected chi connectivity index (χ3v) is 5.34. The van der Waals surface area contributed by atoms with Gasteiger partial charge in [-0.1, -0.05) is 43.7 Å². The Morgan fingerprint density at radius 1 is 1.21 bits per heavy atom. The van der Waals surface area contributed by atoms with E-state index < -0.39 is 24.0 Å². The highest BCUT2D eigenvalue weighted by atomic mass is 16.7. The van der Waals surface area contributed by atoms with Gasteiger partial charge in [0.15, 0.2) is 5.79 Å². The van der Waals surface area contributed by atoms with Crippen molar-refractivity contribution in [3.05, 3.63) is 35.9 Å². The molecule has 0 spiro atoms. The fourth-order valence-corrected chi connectivity index (χ4v) is 3.51. The van der Waals surface area contributed by atoms with Crippen LogP contribution in [0.5, 0.6) is 0 Å². The molecular weight excluding hydrogens is 360 g/mol. The highest BCUT2D eigenvalue weighted by Gasteiger charge is 2.31. The normalized spacial score (nSPS) is 19.1. The van der Waals surface area contributed by atoms with Crippen molar-refractivity contribution in [3.63, 3.8) is 0 Å². The zero-order valence-corrected chi connectivity index (χ0v) is 16.9. The fourth-order valence-electron chi connectivity index (χ4n) is 3.51. The molecule has 1 aliphatic heterocycles. The van der Waals surface area contributed by atoms with Crippen LogP contribution in [0.1, 0.15) is 38.7 Å². The molecule has 0 bridgehead atoms. The average molecular weight is 395 g/mol. The maximum Gasteiger partial charge on any atom is 0.404 e. The molecule has 1 aromatic carbocycles. The van der Waals surface area contributed by atoms with Crippen molar-refractivity contribution in [2.24, 2.45) is 5.92 Å². The number of nitrogens with one attached hydrogen (secondary N) is 2. The fraction of sp³-hybridized carbons (Fsp3) is 0.667. The van der Waals surface area contributed by atoms with Gasteiger partial charge in [-0.2, -0.15) is 0 Å². The van der Waals surface area contributed by atoms with Crippen LogP contribution in [0.4, 0.5) is 4.79 Å². The second kappa shape index (κ2) is 11.4. The summed E-state index contributed by atoms with van der Waals surface area (Å²) in [5, 5.41) is 25.4. The van der Waals surface area contributed by atoms with E-state index in [1.54, 1.807) is 0 Å². The van der Waals surface area contributed by atoms with Gasteiger partial charge in [0.05, 0.1) is 25.4 Å². The third kappa shape index (κ3) is 7.75. The largest absolute Gasteiger partial charge is 0.465 e. The number of rotatable bonds is 12. The van der Waals surface area contributed by atoms with E-state index in [0.717, 1.165) is 31.4 Å². The number of carbonyl (C=O) groups is 1. The van der Waals surface area contributed by atoms with Crippen molar-refractivity contribution in [2.75, 3.05) is 26.3 Å². The minimum atomic E-state index is -1.13. The summed E-state index contributed by atoms with van der Waals surface area (Å²) < 4.78 is 11.3. The zero-order valence-electron chi connectivity index (χ0n) is 16.9. The standard InChI is InChI=1S/C21H34N2O5/c1-3-16(9-10-21(2)27-11-12-28-21)14-22-15-19(24)18(23-20(25)26)13-17-7-5-4-6-8-17/h4-8,16,18-19,22-24H,3,9-15H2,1-2H3,(H,25,26)/t16?,18-,19+/m0/s1.